The fourth-order valence-electron chi connectivity index (χ4n) is 3.53. The topological polar surface area (TPSA) is 77.4 Å². The molecule has 0 bridgehead atoms. The average Bonchev–Trinajstić information content (AvgIpc) is 3.06. The monoisotopic (exact) mass is 340 g/mol. The molecule has 2 saturated heterocycles. The molecule has 2 aliphatic rings. The first-order valence-electron chi connectivity index (χ1n) is 8.53. The molecule has 2 aromatic rings. The maximum absolute atomic E-state index is 12.8. The second kappa shape index (κ2) is 7.25. The molecular weight excluding hydrogens is 320 g/mol. The summed E-state index contributed by atoms with van der Waals surface area (Å²) in [5, 5.41) is 0. The van der Waals surface area contributed by atoms with Gasteiger partial charge in [0.25, 0.3) is 5.91 Å². The van der Waals surface area contributed by atoms with Crippen LogP contribution in [0.4, 0.5) is 0 Å². The summed E-state index contributed by atoms with van der Waals surface area (Å²) in [5.74, 6) is -0.0909. The third kappa shape index (κ3) is 3.38. The van der Waals surface area contributed by atoms with E-state index in [9.17, 15) is 4.79 Å². The molecule has 0 aliphatic carbocycles. The number of amides is 1. The van der Waals surface area contributed by atoms with Gasteiger partial charge < -0.3 is 14.4 Å². The van der Waals surface area contributed by atoms with E-state index in [4.69, 9.17) is 9.47 Å². The lowest BCUT2D eigenvalue weighted by molar-refractivity contribution is -0.0814. The van der Waals surface area contributed by atoms with Crippen molar-refractivity contribution in [3.8, 4) is 0 Å². The predicted octanol–water partition coefficient (Wildman–Crippen LogP) is 1.46. The maximum Gasteiger partial charge on any atom is 0.273 e. The molecule has 0 radical (unpaired) electrons. The van der Waals surface area contributed by atoms with Gasteiger partial charge in [-0.15, -0.1) is 0 Å². The third-order valence-corrected chi connectivity index (χ3v) is 4.71. The van der Waals surface area contributed by atoms with Gasteiger partial charge in [-0.1, -0.05) is 6.07 Å². The molecule has 25 heavy (non-hydrogen) atoms. The average molecular weight is 340 g/mol. The summed E-state index contributed by atoms with van der Waals surface area (Å²) in [7, 11) is 0. The lowest BCUT2D eigenvalue weighted by Gasteiger charge is -2.32. The fraction of sp³-hybridized carbons (Fsp3) is 0.444. The van der Waals surface area contributed by atoms with E-state index in [2.05, 4.69) is 15.0 Å². The maximum atomic E-state index is 12.8. The Hall–Kier alpha value is -2.38. The SMILES string of the molecule is O=C(c1ccncn1)N1C[C@H](OCc2ccccn2)[C@H]2OCCC[C@H]21. The fourth-order valence-corrected chi connectivity index (χ4v) is 3.53. The minimum absolute atomic E-state index is 0.0324. The summed E-state index contributed by atoms with van der Waals surface area (Å²) in [6.45, 7) is 1.62. The van der Waals surface area contributed by atoms with Crippen molar-refractivity contribution in [2.24, 2.45) is 0 Å². The minimum atomic E-state index is -0.155. The summed E-state index contributed by atoms with van der Waals surface area (Å²) in [4.78, 5) is 26.9. The lowest BCUT2D eigenvalue weighted by Crippen LogP contribution is -2.44. The molecule has 130 valence electrons. The Labute approximate surface area is 146 Å². The van der Waals surface area contributed by atoms with E-state index in [0.717, 1.165) is 18.5 Å². The van der Waals surface area contributed by atoms with Crippen LogP contribution in [0.25, 0.3) is 0 Å². The van der Waals surface area contributed by atoms with Crippen LogP contribution in [0.2, 0.25) is 0 Å². The number of carbonyl (C=O) groups is 1. The highest BCUT2D eigenvalue weighted by atomic mass is 16.5. The van der Waals surface area contributed by atoms with Crippen LogP contribution >= 0.6 is 0 Å². The normalized spacial score (nSPS) is 25.6. The smallest absolute Gasteiger partial charge is 0.273 e. The number of fused-ring (bicyclic) bond motifs is 1. The Bertz CT molecular complexity index is 713. The molecule has 0 saturated carbocycles. The van der Waals surface area contributed by atoms with Crippen molar-refractivity contribution in [2.75, 3.05) is 13.2 Å². The molecule has 0 spiro atoms. The standard InChI is InChI=1S/C18H20N4O3/c23-18(14-6-8-19-12-21-14)22-10-16(17-15(22)5-3-9-24-17)25-11-13-4-1-2-7-20-13/h1-2,4,6-8,12,15-17H,3,5,9-11H2/t15-,16+,17+/m1/s1. The Kier molecular flexibility index (Phi) is 4.67. The van der Waals surface area contributed by atoms with Crippen LogP contribution < -0.4 is 0 Å². The molecule has 4 heterocycles. The van der Waals surface area contributed by atoms with Crippen molar-refractivity contribution in [2.45, 2.75) is 37.7 Å². The number of hydrogen-bond acceptors (Lipinski definition) is 6. The van der Waals surface area contributed by atoms with E-state index in [1.54, 1.807) is 18.5 Å². The summed E-state index contributed by atoms with van der Waals surface area (Å²) in [5.41, 5.74) is 1.28. The molecule has 1 amide bonds. The highest BCUT2D eigenvalue weighted by molar-refractivity contribution is 5.92. The van der Waals surface area contributed by atoms with Crippen molar-refractivity contribution in [1.82, 2.24) is 19.9 Å². The number of ether oxygens (including phenoxy) is 2. The Morgan fingerprint density at radius 3 is 3.04 bits per heavy atom. The summed E-state index contributed by atoms with van der Waals surface area (Å²) >= 11 is 0. The second-order valence-corrected chi connectivity index (χ2v) is 6.27. The van der Waals surface area contributed by atoms with Crippen molar-refractivity contribution in [3.05, 3.63) is 54.4 Å². The highest BCUT2D eigenvalue weighted by Gasteiger charge is 2.47. The van der Waals surface area contributed by atoms with Gasteiger partial charge in [0.05, 0.1) is 24.9 Å². The van der Waals surface area contributed by atoms with Gasteiger partial charge in [0.2, 0.25) is 0 Å². The Morgan fingerprint density at radius 1 is 1.28 bits per heavy atom. The number of rotatable bonds is 4. The van der Waals surface area contributed by atoms with Gasteiger partial charge in [-0.25, -0.2) is 9.97 Å². The van der Waals surface area contributed by atoms with Gasteiger partial charge in [-0.2, -0.15) is 0 Å². The molecular formula is C18H20N4O3. The first-order chi connectivity index (χ1) is 12.3. The van der Waals surface area contributed by atoms with Crippen LogP contribution in [0.5, 0.6) is 0 Å². The summed E-state index contributed by atoms with van der Waals surface area (Å²) in [6.07, 6.45) is 6.35. The molecule has 0 N–H and O–H groups in total. The van der Waals surface area contributed by atoms with Crippen molar-refractivity contribution >= 4 is 5.91 Å². The van der Waals surface area contributed by atoms with Crippen LogP contribution in [0.15, 0.2) is 43.0 Å². The molecule has 4 rings (SSSR count). The predicted molar refractivity (Wildman–Crippen MR) is 88.6 cm³/mol. The molecule has 7 nitrogen and oxygen atoms in total. The van der Waals surface area contributed by atoms with Gasteiger partial charge in [0.15, 0.2) is 0 Å². The van der Waals surface area contributed by atoms with E-state index in [-0.39, 0.29) is 24.2 Å². The van der Waals surface area contributed by atoms with E-state index in [1.807, 2.05) is 23.1 Å². The van der Waals surface area contributed by atoms with Crippen LogP contribution in [-0.4, -0.2) is 57.2 Å². The largest absolute Gasteiger partial charge is 0.373 e. The second-order valence-electron chi connectivity index (χ2n) is 6.27. The number of aromatic nitrogens is 3. The van der Waals surface area contributed by atoms with Crippen molar-refractivity contribution < 1.29 is 14.3 Å². The quantitative estimate of drug-likeness (QED) is 0.839. The molecule has 2 aliphatic heterocycles. The molecule has 0 aromatic carbocycles. The minimum Gasteiger partial charge on any atom is -0.373 e. The zero-order valence-electron chi connectivity index (χ0n) is 13.8. The van der Waals surface area contributed by atoms with Gasteiger partial charge >= 0.3 is 0 Å². The van der Waals surface area contributed by atoms with Crippen LogP contribution in [0.1, 0.15) is 29.0 Å². The Balaban J connectivity index is 1.48. The summed E-state index contributed by atoms with van der Waals surface area (Å²) < 4.78 is 12.0. The molecule has 7 heteroatoms. The third-order valence-electron chi connectivity index (χ3n) is 4.71. The zero-order chi connectivity index (χ0) is 17.1. The first kappa shape index (κ1) is 16.1. The van der Waals surface area contributed by atoms with Crippen LogP contribution in [0, 0.1) is 0 Å². The number of carbonyl (C=O) groups excluding carboxylic acids is 1. The lowest BCUT2D eigenvalue weighted by atomic mass is 10.0. The first-order valence-corrected chi connectivity index (χ1v) is 8.53. The van der Waals surface area contributed by atoms with E-state index < -0.39 is 0 Å². The van der Waals surface area contributed by atoms with Gasteiger partial charge in [-0.3, -0.25) is 9.78 Å². The molecule has 0 unspecified atom stereocenters. The van der Waals surface area contributed by atoms with Crippen LogP contribution in [-0.2, 0) is 16.1 Å². The number of nitrogens with zero attached hydrogens (tertiary/aromatic N) is 4. The number of hydrogen-bond donors (Lipinski definition) is 0. The highest BCUT2D eigenvalue weighted by Crippen LogP contribution is 2.32. The number of likely N-dealkylation sites (tertiary alicyclic amines) is 1. The van der Waals surface area contributed by atoms with Gasteiger partial charge in [0, 0.05) is 19.0 Å². The van der Waals surface area contributed by atoms with E-state index in [0.29, 0.717) is 25.5 Å². The molecule has 2 fully saturated rings. The van der Waals surface area contributed by atoms with Gasteiger partial charge in [0.1, 0.15) is 24.2 Å². The van der Waals surface area contributed by atoms with Gasteiger partial charge in [-0.05, 0) is 31.0 Å². The van der Waals surface area contributed by atoms with E-state index >= 15 is 0 Å². The number of pyridine rings is 1. The molecule has 2 aromatic heterocycles. The van der Waals surface area contributed by atoms with Crippen molar-refractivity contribution in [3.63, 3.8) is 0 Å². The van der Waals surface area contributed by atoms with E-state index in [1.165, 1.54) is 6.33 Å². The Morgan fingerprint density at radius 2 is 2.24 bits per heavy atom. The summed E-state index contributed by atoms with van der Waals surface area (Å²) in [6, 6.07) is 7.42. The van der Waals surface area contributed by atoms with Crippen LogP contribution in [0.3, 0.4) is 0 Å². The van der Waals surface area contributed by atoms with Crippen molar-refractivity contribution in [1.29, 1.82) is 0 Å². The molecule has 3 atom stereocenters. The zero-order valence-corrected chi connectivity index (χ0v) is 13.8.